The van der Waals surface area contributed by atoms with Gasteiger partial charge in [0.1, 0.15) is 5.82 Å². The molecule has 0 bridgehead atoms. The molecule has 1 atom stereocenters. The molecular formula is C22H26N6O. The minimum atomic E-state index is 0.191. The highest BCUT2D eigenvalue weighted by Gasteiger charge is 2.27. The van der Waals surface area contributed by atoms with Gasteiger partial charge in [0.25, 0.3) is 0 Å². The lowest BCUT2D eigenvalue weighted by Gasteiger charge is -2.32. The first-order valence-electron chi connectivity index (χ1n) is 10.5. The van der Waals surface area contributed by atoms with Crippen molar-refractivity contribution in [2.45, 2.75) is 44.7 Å². The molecule has 0 unspecified atom stereocenters. The molecule has 1 amide bonds. The largest absolute Gasteiger partial charge is 0.342 e. The molecule has 1 saturated heterocycles. The number of hydrogen-bond acceptors (Lipinski definition) is 5. The second kappa shape index (κ2) is 7.91. The topological polar surface area (TPSA) is 75.9 Å². The van der Waals surface area contributed by atoms with E-state index in [1.807, 2.05) is 46.2 Å². The number of aromatic nitrogens is 4. The first-order valence-corrected chi connectivity index (χ1v) is 10.5. The van der Waals surface area contributed by atoms with Crippen LogP contribution >= 0.6 is 0 Å². The number of nitrogens with one attached hydrogen (secondary N) is 1. The van der Waals surface area contributed by atoms with Crippen LogP contribution in [0, 0.1) is 0 Å². The van der Waals surface area contributed by atoms with E-state index in [0.29, 0.717) is 13.0 Å². The minimum absolute atomic E-state index is 0.191. The Kier molecular flexibility index (Phi) is 4.97. The summed E-state index contributed by atoms with van der Waals surface area (Å²) in [5, 5.41) is 8.90. The summed E-state index contributed by atoms with van der Waals surface area (Å²) in [7, 11) is 0. The van der Waals surface area contributed by atoms with Crippen LogP contribution in [0.2, 0.25) is 0 Å². The Bertz CT molecular complexity index is 1030. The third-order valence-corrected chi connectivity index (χ3v) is 6.05. The van der Waals surface area contributed by atoms with Crippen LogP contribution in [0.15, 0.2) is 36.7 Å². The number of piperidine rings is 1. The molecule has 1 fully saturated rings. The Balaban J connectivity index is 1.24. The zero-order valence-electron chi connectivity index (χ0n) is 16.5. The zero-order valence-corrected chi connectivity index (χ0v) is 16.5. The van der Waals surface area contributed by atoms with Gasteiger partial charge < -0.3 is 10.2 Å². The van der Waals surface area contributed by atoms with Gasteiger partial charge in [-0.2, -0.15) is 5.10 Å². The van der Waals surface area contributed by atoms with Crippen LogP contribution < -0.4 is 5.32 Å². The average Bonchev–Trinajstić information content (AvgIpc) is 3.20. The SMILES string of the molecule is O=C(CCn1ncc2ccccc21)N1CCC[C@H](c2ncc3c(n2)CCNC3)C1. The standard InChI is InChI=1S/C22H26N6O/c29-21(8-11-28-20-6-2-1-4-16(20)14-25-28)27-10-3-5-17(15-27)22-24-13-18-12-23-9-7-19(18)26-22/h1-2,4,6,13-14,17,23H,3,5,7-12,15H2/t17-/m0/s1. The monoisotopic (exact) mass is 390 g/mol. The van der Waals surface area contributed by atoms with Crippen molar-refractivity contribution < 1.29 is 4.79 Å². The molecule has 7 heteroatoms. The van der Waals surface area contributed by atoms with Crippen molar-refractivity contribution in [1.82, 2.24) is 30.0 Å². The molecule has 2 aromatic heterocycles. The van der Waals surface area contributed by atoms with Crippen molar-refractivity contribution in [1.29, 1.82) is 0 Å². The molecule has 7 nitrogen and oxygen atoms in total. The van der Waals surface area contributed by atoms with E-state index in [4.69, 9.17) is 4.98 Å². The van der Waals surface area contributed by atoms with Gasteiger partial charge in [0.05, 0.1) is 18.3 Å². The summed E-state index contributed by atoms with van der Waals surface area (Å²) in [6, 6.07) is 8.11. The second-order valence-corrected chi connectivity index (χ2v) is 7.98. The first-order chi connectivity index (χ1) is 14.3. The van der Waals surface area contributed by atoms with E-state index < -0.39 is 0 Å². The number of carbonyl (C=O) groups is 1. The van der Waals surface area contributed by atoms with Crippen LogP contribution in [0.3, 0.4) is 0 Å². The van der Waals surface area contributed by atoms with Gasteiger partial charge >= 0.3 is 0 Å². The van der Waals surface area contributed by atoms with E-state index in [0.717, 1.165) is 62.2 Å². The van der Waals surface area contributed by atoms with Gasteiger partial charge in [-0.05, 0) is 18.9 Å². The molecule has 2 aliphatic heterocycles. The van der Waals surface area contributed by atoms with E-state index in [-0.39, 0.29) is 11.8 Å². The maximum Gasteiger partial charge on any atom is 0.224 e. The Labute approximate surface area is 170 Å². The van der Waals surface area contributed by atoms with Gasteiger partial charge in [0.2, 0.25) is 5.91 Å². The third kappa shape index (κ3) is 3.74. The fourth-order valence-electron chi connectivity index (χ4n) is 4.43. The van der Waals surface area contributed by atoms with E-state index in [2.05, 4.69) is 15.4 Å². The first kappa shape index (κ1) is 18.2. The van der Waals surface area contributed by atoms with Crippen molar-refractivity contribution in [3.05, 3.63) is 53.7 Å². The van der Waals surface area contributed by atoms with Crippen LogP contribution in [-0.4, -0.2) is 50.2 Å². The van der Waals surface area contributed by atoms with E-state index in [1.54, 1.807) is 0 Å². The van der Waals surface area contributed by atoms with Crippen LogP contribution in [0.5, 0.6) is 0 Å². The molecule has 29 heavy (non-hydrogen) atoms. The van der Waals surface area contributed by atoms with E-state index in [1.165, 1.54) is 11.3 Å². The predicted octanol–water partition coefficient (Wildman–Crippen LogP) is 2.27. The summed E-state index contributed by atoms with van der Waals surface area (Å²) >= 11 is 0. The molecule has 150 valence electrons. The number of amides is 1. The summed E-state index contributed by atoms with van der Waals surface area (Å²) < 4.78 is 1.93. The molecule has 0 radical (unpaired) electrons. The summed E-state index contributed by atoms with van der Waals surface area (Å²) in [6.45, 7) is 3.98. The molecule has 0 saturated carbocycles. The van der Waals surface area contributed by atoms with Crippen molar-refractivity contribution in [2.75, 3.05) is 19.6 Å². The Hall–Kier alpha value is -2.80. The Morgan fingerprint density at radius 3 is 3.14 bits per heavy atom. The lowest BCUT2D eigenvalue weighted by atomic mass is 9.96. The molecule has 3 aromatic rings. The predicted molar refractivity (Wildman–Crippen MR) is 110 cm³/mol. The number of carbonyl (C=O) groups excluding carboxylic acids is 1. The number of likely N-dealkylation sites (tertiary alicyclic amines) is 1. The normalized spacial score (nSPS) is 19.3. The van der Waals surface area contributed by atoms with Crippen molar-refractivity contribution in [3.8, 4) is 0 Å². The maximum atomic E-state index is 12.9. The Morgan fingerprint density at radius 1 is 1.24 bits per heavy atom. The van der Waals surface area contributed by atoms with Crippen LogP contribution in [0.1, 0.15) is 42.3 Å². The van der Waals surface area contributed by atoms with Gasteiger partial charge in [0.15, 0.2) is 0 Å². The number of nitrogens with zero attached hydrogens (tertiary/aromatic N) is 5. The Morgan fingerprint density at radius 2 is 2.17 bits per heavy atom. The number of benzene rings is 1. The van der Waals surface area contributed by atoms with Gasteiger partial charge in [-0.25, -0.2) is 9.97 Å². The average molecular weight is 390 g/mol. The number of rotatable bonds is 4. The second-order valence-electron chi connectivity index (χ2n) is 7.98. The van der Waals surface area contributed by atoms with Crippen LogP contribution in [0.25, 0.3) is 10.9 Å². The molecule has 2 aliphatic rings. The number of hydrogen-bond donors (Lipinski definition) is 1. The fraction of sp³-hybridized carbons (Fsp3) is 0.455. The summed E-state index contributed by atoms with van der Waals surface area (Å²) in [5.41, 5.74) is 3.45. The lowest BCUT2D eigenvalue weighted by molar-refractivity contribution is -0.132. The van der Waals surface area contributed by atoms with Crippen LogP contribution in [-0.2, 0) is 24.3 Å². The van der Waals surface area contributed by atoms with Crippen LogP contribution in [0.4, 0.5) is 0 Å². The quantitative estimate of drug-likeness (QED) is 0.740. The smallest absolute Gasteiger partial charge is 0.224 e. The van der Waals surface area contributed by atoms with Gasteiger partial charge in [0, 0.05) is 67.8 Å². The van der Waals surface area contributed by atoms with Gasteiger partial charge in [-0.3, -0.25) is 9.48 Å². The third-order valence-electron chi connectivity index (χ3n) is 6.05. The van der Waals surface area contributed by atoms with Gasteiger partial charge in [-0.1, -0.05) is 18.2 Å². The zero-order chi connectivity index (χ0) is 19.6. The molecule has 4 heterocycles. The number of fused-ring (bicyclic) bond motifs is 2. The summed E-state index contributed by atoms with van der Waals surface area (Å²) in [5.74, 6) is 1.33. The molecular weight excluding hydrogens is 364 g/mol. The summed E-state index contributed by atoms with van der Waals surface area (Å²) in [6.07, 6.45) is 7.30. The molecule has 0 spiro atoms. The van der Waals surface area contributed by atoms with Crippen molar-refractivity contribution in [3.63, 3.8) is 0 Å². The van der Waals surface area contributed by atoms with E-state index >= 15 is 0 Å². The molecule has 0 aliphatic carbocycles. The number of aryl methyl sites for hydroxylation is 1. The minimum Gasteiger partial charge on any atom is -0.342 e. The van der Waals surface area contributed by atoms with E-state index in [9.17, 15) is 4.79 Å². The maximum absolute atomic E-state index is 12.9. The molecule has 1 aromatic carbocycles. The summed E-state index contributed by atoms with van der Waals surface area (Å²) in [4.78, 5) is 24.3. The van der Waals surface area contributed by atoms with Crippen molar-refractivity contribution in [2.24, 2.45) is 0 Å². The number of para-hydroxylation sites is 1. The van der Waals surface area contributed by atoms with Crippen molar-refractivity contribution >= 4 is 16.8 Å². The highest BCUT2D eigenvalue weighted by atomic mass is 16.2. The van der Waals surface area contributed by atoms with Gasteiger partial charge in [-0.15, -0.1) is 0 Å². The lowest BCUT2D eigenvalue weighted by Crippen LogP contribution is -2.40. The molecule has 1 N–H and O–H groups in total. The fourth-order valence-corrected chi connectivity index (χ4v) is 4.43. The highest BCUT2D eigenvalue weighted by Crippen LogP contribution is 2.26. The highest BCUT2D eigenvalue weighted by molar-refractivity contribution is 5.79. The molecule has 5 rings (SSSR count).